The number of hydrogen-bond acceptors (Lipinski definition) is 3. The lowest BCUT2D eigenvalue weighted by Gasteiger charge is -2.14. The molecule has 4 heteroatoms. The molecule has 0 saturated carbocycles. The summed E-state index contributed by atoms with van der Waals surface area (Å²) in [5.41, 5.74) is 2.71. The highest BCUT2D eigenvalue weighted by atomic mass is 16.5. The predicted octanol–water partition coefficient (Wildman–Crippen LogP) is 3.39. The summed E-state index contributed by atoms with van der Waals surface area (Å²) in [6.45, 7) is 8.32. The van der Waals surface area contributed by atoms with E-state index in [9.17, 15) is 9.59 Å². The lowest BCUT2D eigenvalue weighted by Crippen LogP contribution is -2.15. The quantitative estimate of drug-likeness (QED) is 0.814. The van der Waals surface area contributed by atoms with Crippen molar-refractivity contribution in [2.24, 2.45) is 0 Å². The highest BCUT2D eigenvalue weighted by Crippen LogP contribution is 2.21. The van der Waals surface area contributed by atoms with Gasteiger partial charge in [0, 0.05) is 29.8 Å². The third-order valence-corrected chi connectivity index (χ3v) is 3.08. The molecule has 0 atom stereocenters. The molecule has 0 amide bonds. The van der Waals surface area contributed by atoms with Crippen molar-refractivity contribution < 1.29 is 14.3 Å². The van der Waals surface area contributed by atoms with E-state index in [4.69, 9.17) is 4.74 Å². The summed E-state index contributed by atoms with van der Waals surface area (Å²) < 4.78 is 6.72. The molecular weight excluding hydrogens is 266 g/mol. The molecule has 0 fully saturated rings. The monoisotopic (exact) mass is 289 g/mol. The second-order valence-corrected chi connectivity index (χ2v) is 5.86. The molecule has 2 rings (SSSR count). The first-order chi connectivity index (χ1) is 9.82. The first-order valence-corrected chi connectivity index (χ1v) is 6.86. The molecule has 0 aliphatic heterocycles. The molecule has 114 valence electrons. The van der Waals surface area contributed by atoms with E-state index in [-0.39, 0.29) is 12.1 Å². The molecule has 0 bridgehead atoms. The van der Waals surface area contributed by atoms with E-state index in [2.05, 4.69) is 0 Å². The molecule has 1 aromatic carbocycles. The maximum absolute atomic E-state index is 10.8. The van der Waals surface area contributed by atoms with Crippen molar-refractivity contribution in [1.82, 2.24) is 4.57 Å². The molecule has 0 aliphatic rings. The number of carbonyl (C=O) groups is 2. The van der Waals surface area contributed by atoms with Crippen LogP contribution in [-0.2, 0) is 16.1 Å². The van der Waals surface area contributed by atoms with Gasteiger partial charge >= 0.3 is 0 Å². The Morgan fingerprint density at radius 1 is 1.24 bits per heavy atom. The second-order valence-electron chi connectivity index (χ2n) is 5.86. The molecule has 0 spiro atoms. The van der Waals surface area contributed by atoms with Gasteiger partial charge in [-0.2, -0.15) is 0 Å². The number of benzene rings is 1. The van der Waals surface area contributed by atoms with Crippen molar-refractivity contribution in [1.29, 1.82) is 0 Å². The molecule has 1 aromatic heterocycles. The zero-order valence-electron chi connectivity index (χ0n) is 13.3. The number of aldehydes is 2. The Morgan fingerprint density at radius 3 is 2.33 bits per heavy atom. The summed E-state index contributed by atoms with van der Waals surface area (Å²) >= 11 is 0. The van der Waals surface area contributed by atoms with Gasteiger partial charge in [0.05, 0.1) is 12.1 Å². The highest BCUT2D eigenvalue weighted by molar-refractivity contribution is 5.98. The second kappa shape index (κ2) is 7.18. The van der Waals surface area contributed by atoms with Crippen LogP contribution in [-0.4, -0.2) is 29.9 Å². The highest BCUT2D eigenvalue weighted by Gasteiger charge is 2.07. The van der Waals surface area contributed by atoms with Gasteiger partial charge < -0.3 is 14.1 Å². The van der Waals surface area contributed by atoms with Crippen LogP contribution in [0, 0.1) is 6.92 Å². The van der Waals surface area contributed by atoms with Crippen LogP contribution in [0.5, 0.6) is 0 Å². The molecule has 2 aromatic rings. The molecular formula is C17H23NO3. The number of methoxy groups -OCH3 is 1. The molecule has 4 nitrogen and oxygen atoms in total. The van der Waals surface area contributed by atoms with Gasteiger partial charge in [-0.3, -0.25) is 4.79 Å². The van der Waals surface area contributed by atoms with Gasteiger partial charge in [-0.05, 0) is 39.8 Å². The van der Waals surface area contributed by atoms with Crippen LogP contribution in [0.1, 0.15) is 36.7 Å². The molecule has 21 heavy (non-hydrogen) atoms. The fourth-order valence-electron chi connectivity index (χ4n) is 1.76. The maximum atomic E-state index is 10.8. The van der Waals surface area contributed by atoms with E-state index in [1.807, 2.05) is 45.9 Å². The minimum Gasteiger partial charge on any atom is -0.379 e. The number of fused-ring (bicyclic) bond motifs is 1. The number of carbonyl (C=O) groups excluding carboxylic acids is 2. The Kier molecular flexibility index (Phi) is 5.85. The molecule has 0 unspecified atom stereocenters. The first-order valence-electron chi connectivity index (χ1n) is 6.86. The zero-order chi connectivity index (χ0) is 16.0. The predicted molar refractivity (Wildman–Crippen MR) is 84.9 cm³/mol. The minimum atomic E-state index is 0.0417. The summed E-state index contributed by atoms with van der Waals surface area (Å²) in [5, 5.41) is 0.909. The van der Waals surface area contributed by atoms with Crippen molar-refractivity contribution in [3.63, 3.8) is 0 Å². The van der Waals surface area contributed by atoms with Crippen molar-refractivity contribution in [3.8, 4) is 0 Å². The van der Waals surface area contributed by atoms with E-state index in [1.54, 1.807) is 17.9 Å². The topological polar surface area (TPSA) is 48.3 Å². The van der Waals surface area contributed by atoms with Crippen LogP contribution in [0.15, 0.2) is 24.4 Å². The van der Waals surface area contributed by atoms with E-state index in [0.717, 1.165) is 29.0 Å². The van der Waals surface area contributed by atoms with Gasteiger partial charge in [0.15, 0.2) is 6.29 Å². The van der Waals surface area contributed by atoms with Gasteiger partial charge in [0.1, 0.15) is 6.29 Å². The molecule has 0 radical (unpaired) electrons. The van der Waals surface area contributed by atoms with E-state index < -0.39 is 0 Å². The first kappa shape index (κ1) is 17.1. The van der Waals surface area contributed by atoms with Crippen LogP contribution in [0.2, 0.25) is 0 Å². The summed E-state index contributed by atoms with van der Waals surface area (Å²) in [5.74, 6) is 0. The fourth-order valence-corrected chi connectivity index (χ4v) is 1.76. The smallest absolute Gasteiger partial charge is 0.152 e. The van der Waals surface area contributed by atoms with E-state index >= 15 is 0 Å². The number of nitrogens with zero attached hydrogens (tertiary/aromatic N) is 1. The fraction of sp³-hybridized carbons (Fsp3) is 0.412. The summed E-state index contributed by atoms with van der Waals surface area (Å²) in [6, 6.07) is 5.86. The molecule has 0 aliphatic carbocycles. The summed E-state index contributed by atoms with van der Waals surface area (Å²) in [4.78, 5) is 21.3. The van der Waals surface area contributed by atoms with Gasteiger partial charge in [-0.1, -0.05) is 11.6 Å². The minimum absolute atomic E-state index is 0.0417. The van der Waals surface area contributed by atoms with Gasteiger partial charge in [0.2, 0.25) is 0 Å². The normalized spacial score (nSPS) is 10.9. The van der Waals surface area contributed by atoms with Crippen LogP contribution in [0.25, 0.3) is 10.9 Å². The van der Waals surface area contributed by atoms with Crippen LogP contribution >= 0.6 is 0 Å². The van der Waals surface area contributed by atoms with Crippen molar-refractivity contribution in [3.05, 3.63) is 35.5 Å². The average Bonchev–Trinajstić information content (AvgIpc) is 2.76. The molecule has 1 heterocycles. The third kappa shape index (κ3) is 4.83. The van der Waals surface area contributed by atoms with E-state index in [0.29, 0.717) is 5.56 Å². The maximum Gasteiger partial charge on any atom is 0.152 e. The Hall–Kier alpha value is -1.94. The lowest BCUT2D eigenvalue weighted by atomic mass is 10.1. The number of aromatic nitrogens is 1. The Labute approximate surface area is 125 Å². The van der Waals surface area contributed by atoms with Crippen LogP contribution in [0.3, 0.4) is 0 Å². The Balaban J connectivity index is 0.000000315. The van der Waals surface area contributed by atoms with Crippen LogP contribution in [0.4, 0.5) is 0 Å². The van der Waals surface area contributed by atoms with Gasteiger partial charge in [-0.15, -0.1) is 0 Å². The SMILES string of the molecule is COC(C)(C)C.Cc1ccc2c(c1)c(C=O)cn2CC=O. The van der Waals surface area contributed by atoms with Gasteiger partial charge in [-0.25, -0.2) is 0 Å². The summed E-state index contributed by atoms with van der Waals surface area (Å²) in [7, 11) is 1.71. The number of hydrogen-bond donors (Lipinski definition) is 0. The zero-order valence-corrected chi connectivity index (χ0v) is 13.3. The lowest BCUT2D eigenvalue weighted by molar-refractivity contribution is -0.108. The number of rotatable bonds is 3. The third-order valence-electron chi connectivity index (χ3n) is 3.08. The van der Waals surface area contributed by atoms with Crippen molar-refractivity contribution >= 4 is 23.5 Å². The molecule has 0 saturated heterocycles. The van der Waals surface area contributed by atoms with Crippen LogP contribution < -0.4 is 0 Å². The standard InChI is InChI=1S/C12H11NO2.C5H12O/c1-9-2-3-12-11(6-9)10(8-15)7-13(12)4-5-14;1-5(2,3)6-4/h2-3,5-8H,4H2,1H3;1-4H3. The van der Waals surface area contributed by atoms with E-state index in [1.165, 1.54) is 0 Å². The van der Waals surface area contributed by atoms with Gasteiger partial charge in [0.25, 0.3) is 0 Å². The van der Waals surface area contributed by atoms with Crippen molar-refractivity contribution in [2.45, 2.75) is 39.8 Å². The molecule has 0 N–H and O–H groups in total. The number of aryl methyl sites for hydroxylation is 1. The Bertz CT molecular complexity index is 621. The van der Waals surface area contributed by atoms with Crippen molar-refractivity contribution in [2.75, 3.05) is 7.11 Å². The largest absolute Gasteiger partial charge is 0.379 e. The Morgan fingerprint density at radius 2 is 1.86 bits per heavy atom. The average molecular weight is 289 g/mol. The number of ether oxygens (including phenoxy) is 1. The summed E-state index contributed by atoms with van der Waals surface area (Å²) in [6.07, 6.45) is 3.36.